The van der Waals surface area contributed by atoms with Crippen molar-refractivity contribution in [2.75, 3.05) is 0 Å². The Balaban J connectivity index is 3.85. The lowest BCUT2D eigenvalue weighted by Crippen LogP contribution is -2.45. The van der Waals surface area contributed by atoms with Crippen LogP contribution in [0, 0.1) is 5.41 Å². The zero-order chi connectivity index (χ0) is 22.8. The van der Waals surface area contributed by atoms with Crippen LogP contribution in [0.2, 0.25) is 0 Å². The predicted octanol–water partition coefficient (Wildman–Crippen LogP) is 6.43. The number of carboxylic acid groups (broad SMARTS) is 1. The van der Waals surface area contributed by atoms with Gasteiger partial charge in [-0.1, -0.05) is 105 Å². The highest BCUT2D eigenvalue weighted by Crippen LogP contribution is 2.19. The molecule has 0 heterocycles. The monoisotopic (exact) mass is 425 g/mol. The van der Waals surface area contributed by atoms with E-state index in [1.807, 2.05) is 0 Å². The quantitative estimate of drug-likeness (QED) is 0.233. The Labute approximate surface area is 184 Å². The molecule has 0 saturated carbocycles. The average Bonchev–Trinajstić information content (AvgIpc) is 2.67. The highest BCUT2D eigenvalue weighted by atomic mass is 16.4. The molecular weight excluding hydrogens is 378 g/mol. The van der Waals surface area contributed by atoms with Crippen LogP contribution in [0.15, 0.2) is 0 Å². The molecule has 0 aliphatic rings. The van der Waals surface area contributed by atoms with E-state index < -0.39 is 17.4 Å². The Morgan fingerprint density at radius 1 is 0.733 bits per heavy atom. The van der Waals surface area contributed by atoms with E-state index in [1.54, 1.807) is 20.8 Å². The molecule has 0 saturated heterocycles. The van der Waals surface area contributed by atoms with Crippen LogP contribution in [-0.4, -0.2) is 28.8 Å². The Morgan fingerprint density at radius 2 is 1.17 bits per heavy atom. The van der Waals surface area contributed by atoms with E-state index in [9.17, 15) is 14.4 Å². The molecule has 176 valence electrons. The number of carboxylic acids is 1. The van der Waals surface area contributed by atoms with Gasteiger partial charge in [0, 0.05) is 18.3 Å². The van der Waals surface area contributed by atoms with Crippen molar-refractivity contribution in [2.45, 2.75) is 136 Å². The van der Waals surface area contributed by atoms with Crippen LogP contribution < -0.4 is 5.32 Å². The van der Waals surface area contributed by atoms with Crippen LogP contribution in [0.1, 0.15) is 130 Å². The number of carbonyl (C=O) groups excluding carboxylic acids is 2. The topological polar surface area (TPSA) is 83.5 Å². The number of aliphatic carboxylic acids is 1. The molecule has 0 radical (unpaired) electrons. The SMILES string of the molecule is CCCCCCCCCCCCCCCC(=O)N[C@@H](CCC(=O)O)C(=O)C(C)(C)C. The summed E-state index contributed by atoms with van der Waals surface area (Å²) in [5.74, 6) is -1.21. The summed E-state index contributed by atoms with van der Waals surface area (Å²) in [7, 11) is 0. The van der Waals surface area contributed by atoms with Crippen LogP contribution in [0.3, 0.4) is 0 Å². The van der Waals surface area contributed by atoms with Gasteiger partial charge >= 0.3 is 5.97 Å². The third kappa shape index (κ3) is 16.4. The molecule has 0 aromatic carbocycles. The van der Waals surface area contributed by atoms with Crippen molar-refractivity contribution in [1.29, 1.82) is 0 Å². The van der Waals surface area contributed by atoms with Crippen LogP contribution >= 0.6 is 0 Å². The largest absolute Gasteiger partial charge is 0.481 e. The van der Waals surface area contributed by atoms with Crippen molar-refractivity contribution in [3.05, 3.63) is 0 Å². The first-order valence-electron chi connectivity index (χ1n) is 12.2. The maximum absolute atomic E-state index is 12.5. The fourth-order valence-corrected chi connectivity index (χ4v) is 3.63. The molecular formula is C25H47NO4. The molecule has 0 fully saturated rings. The third-order valence-electron chi connectivity index (χ3n) is 5.55. The maximum Gasteiger partial charge on any atom is 0.303 e. The second-order valence-electron chi connectivity index (χ2n) is 9.66. The summed E-state index contributed by atoms with van der Waals surface area (Å²) < 4.78 is 0. The van der Waals surface area contributed by atoms with Crippen LogP contribution in [-0.2, 0) is 14.4 Å². The summed E-state index contributed by atoms with van der Waals surface area (Å²) in [5.41, 5.74) is -0.605. The van der Waals surface area contributed by atoms with E-state index >= 15 is 0 Å². The molecule has 0 spiro atoms. The van der Waals surface area contributed by atoms with Crippen LogP contribution in [0.5, 0.6) is 0 Å². The first kappa shape index (κ1) is 28.6. The summed E-state index contributed by atoms with van der Waals surface area (Å²) in [5, 5.41) is 11.7. The Morgan fingerprint density at radius 3 is 1.57 bits per heavy atom. The lowest BCUT2D eigenvalue weighted by atomic mass is 9.85. The Bertz CT molecular complexity index is 482. The summed E-state index contributed by atoms with van der Waals surface area (Å²) in [6.07, 6.45) is 16.8. The molecule has 0 aliphatic carbocycles. The number of hydrogen-bond acceptors (Lipinski definition) is 3. The van der Waals surface area contributed by atoms with Crippen molar-refractivity contribution in [3.63, 3.8) is 0 Å². The predicted molar refractivity (Wildman–Crippen MR) is 124 cm³/mol. The molecule has 5 nitrogen and oxygen atoms in total. The van der Waals surface area contributed by atoms with Gasteiger partial charge in [-0.15, -0.1) is 0 Å². The molecule has 2 N–H and O–H groups in total. The molecule has 0 bridgehead atoms. The number of Topliss-reactive ketones (excluding diaryl/α,β-unsaturated/α-hetero) is 1. The van der Waals surface area contributed by atoms with Gasteiger partial charge in [-0.2, -0.15) is 0 Å². The molecule has 30 heavy (non-hydrogen) atoms. The Hall–Kier alpha value is -1.39. The third-order valence-corrected chi connectivity index (χ3v) is 5.55. The zero-order valence-electron chi connectivity index (χ0n) is 20.1. The van der Waals surface area contributed by atoms with Gasteiger partial charge in [0.15, 0.2) is 5.78 Å². The van der Waals surface area contributed by atoms with E-state index in [4.69, 9.17) is 5.11 Å². The minimum absolute atomic E-state index is 0.109. The van der Waals surface area contributed by atoms with E-state index in [-0.39, 0.29) is 24.5 Å². The van der Waals surface area contributed by atoms with Crippen molar-refractivity contribution in [3.8, 4) is 0 Å². The molecule has 1 atom stereocenters. The highest BCUT2D eigenvalue weighted by molar-refractivity contribution is 5.92. The zero-order valence-corrected chi connectivity index (χ0v) is 20.1. The highest BCUT2D eigenvalue weighted by Gasteiger charge is 2.30. The summed E-state index contributed by atoms with van der Waals surface area (Å²) >= 11 is 0. The lowest BCUT2D eigenvalue weighted by molar-refractivity contribution is -0.138. The normalized spacial score (nSPS) is 12.5. The number of unbranched alkanes of at least 4 members (excludes halogenated alkanes) is 12. The molecule has 0 aliphatic heterocycles. The van der Waals surface area contributed by atoms with E-state index in [0.717, 1.165) is 19.3 Å². The van der Waals surface area contributed by atoms with E-state index in [2.05, 4.69) is 12.2 Å². The van der Waals surface area contributed by atoms with Crippen LogP contribution in [0.25, 0.3) is 0 Å². The summed E-state index contributed by atoms with van der Waals surface area (Å²) in [6.45, 7) is 7.63. The van der Waals surface area contributed by atoms with Gasteiger partial charge in [0.2, 0.25) is 5.91 Å². The van der Waals surface area contributed by atoms with Crippen molar-refractivity contribution in [2.24, 2.45) is 5.41 Å². The number of carbonyl (C=O) groups is 3. The smallest absolute Gasteiger partial charge is 0.303 e. The second-order valence-corrected chi connectivity index (χ2v) is 9.66. The molecule has 1 amide bonds. The lowest BCUT2D eigenvalue weighted by Gasteiger charge is -2.25. The molecule has 0 unspecified atom stereocenters. The van der Waals surface area contributed by atoms with Gasteiger partial charge in [-0.3, -0.25) is 14.4 Å². The molecule has 0 aromatic heterocycles. The number of amides is 1. The van der Waals surface area contributed by atoms with Gasteiger partial charge in [0.1, 0.15) is 0 Å². The van der Waals surface area contributed by atoms with Gasteiger partial charge < -0.3 is 10.4 Å². The number of nitrogens with one attached hydrogen (secondary N) is 1. The van der Waals surface area contributed by atoms with Gasteiger partial charge in [-0.25, -0.2) is 0 Å². The van der Waals surface area contributed by atoms with Crippen LogP contribution in [0.4, 0.5) is 0 Å². The van der Waals surface area contributed by atoms with Crippen molar-refractivity contribution < 1.29 is 19.5 Å². The fraction of sp³-hybridized carbons (Fsp3) is 0.880. The van der Waals surface area contributed by atoms with E-state index in [0.29, 0.717) is 6.42 Å². The molecule has 0 rings (SSSR count). The maximum atomic E-state index is 12.5. The fourth-order valence-electron chi connectivity index (χ4n) is 3.63. The van der Waals surface area contributed by atoms with Gasteiger partial charge in [-0.05, 0) is 12.8 Å². The summed E-state index contributed by atoms with van der Waals surface area (Å²) in [4.78, 5) is 35.6. The number of hydrogen-bond donors (Lipinski definition) is 2. The van der Waals surface area contributed by atoms with Crippen molar-refractivity contribution >= 4 is 17.7 Å². The average molecular weight is 426 g/mol. The molecule has 0 aromatic rings. The minimum atomic E-state index is -0.951. The second kappa shape index (κ2) is 17.3. The number of ketones is 1. The van der Waals surface area contributed by atoms with E-state index in [1.165, 1.54) is 64.2 Å². The summed E-state index contributed by atoms with van der Waals surface area (Å²) in [6, 6.07) is -0.712. The standard InChI is InChI=1S/C25H47NO4/c1-5-6-7-8-9-10-11-12-13-14-15-16-17-18-22(27)26-21(19-20-23(28)29)24(30)25(2,3)4/h21H,5-20H2,1-4H3,(H,26,27)(H,28,29)/t21-/m0/s1. The van der Waals surface area contributed by atoms with Crippen molar-refractivity contribution in [1.82, 2.24) is 5.32 Å². The number of rotatable bonds is 19. The Kier molecular flexibility index (Phi) is 16.5. The first-order chi connectivity index (χ1) is 14.2. The molecule has 5 heteroatoms. The van der Waals surface area contributed by atoms with Gasteiger partial charge in [0.25, 0.3) is 0 Å². The first-order valence-corrected chi connectivity index (χ1v) is 12.2. The van der Waals surface area contributed by atoms with Gasteiger partial charge in [0.05, 0.1) is 6.04 Å². The minimum Gasteiger partial charge on any atom is -0.481 e.